The van der Waals surface area contributed by atoms with Crippen molar-refractivity contribution in [1.29, 1.82) is 0 Å². The molecule has 1 aromatic carbocycles. The van der Waals surface area contributed by atoms with Gasteiger partial charge in [-0.1, -0.05) is 12.1 Å². The third-order valence-electron chi connectivity index (χ3n) is 2.30. The van der Waals surface area contributed by atoms with E-state index >= 15 is 0 Å². The van der Waals surface area contributed by atoms with Gasteiger partial charge in [-0.25, -0.2) is 0 Å². The van der Waals surface area contributed by atoms with Crippen LogP contribution in [0.4, 0.5) is 5.69 Å². The van der Waals surface area contributed by atoms with Gasteiger partial charge in [-0.15, -0.1) is 0 Å². The van der Waals surface area contributed by atoms with Crippen molar-refractivity contribution in [1.82, 2.24) is 0 Å². The maximum absolute atomic E-state index is 11.6. The molecule has 0 saturated heterocycles. The molecule has 0 aliphatic rings. The smallest absolute Gasteiger partial charge is 0.313 e. The Balaban J connectivity index is 2.56. The largest absolute Gasteiger partial charge is 0.463 e. The molecule has 2 N–H and O–H groups in total. The monoisotopic (exact) mass is 223 g/mol. The Bertz CT molecular complexity index is 352. The van der Waals surface area contributed by atoms with Gasteiger partial charge in [0, 0.05) is 12.8 Å². The number of esters is 1. The van der Waals surface area contributed by atoms with Gasteiger partial charge in [0.05, 0.1) is 12.5 Å². The number of hydrogen-bond acceptors (Lipinski definition) is 4. The van der Waals surface area contributed by atoms with Crippen LogP contribution in [0, 0.1) is 0 Å². The molecule has 1 unspecified atom stereocenters. The summed E-state index contributed by atoms with van der Waals surface area (Å²) in [6.45, 7) is 2.49. The number of benzene rings is 1. The molecule has 0 heterocycles. The van der Waals surface area contributed by atoms with E-state index in [9.17, 15) is 4.79 Å². The zero-order valence-electron chi connectivity index (χ0n) is 9.60. The fraction of sp³-hybridized carbons (Fsp3) is 0.417. The van der Waals surface area contributed by atoms with Crippen LogP contribution in [-0.2, 0) is 14.3 Å². The van der Waals surface area contributed by atoms with Crippen LogP contribution in [0.1, 0.15) is 18.4 Å². The summed E-state index contributed by atoms with van der Waals surface area (Å²) in [5.41, 5.74) is 7.16. The minimum atomic E-state index is -0.305. The molecule has 0 aliphatic carbocycles. The van der Waals surface area contributed by atoms with Crippen molar-refractivity contribution in [2.45, 2.75) is 12.8 Å². The van der Waals surface area contributed by atoms with E-state index in [1.807, 2.05) is 12.1 Å². The highest BCUT2D eigenvalue weighted by Crippen LogP contribution is 2.18. The first-order valence-corrected chi connectivity index (χ1v) is 5.16. The summed E-state index contributed by atoms with van der Waals surface area (Å²) in [4.78, 5) is 11.6. The van der Waals surface area contributed by atoms with Gasteiger partial charge in [-0.3, -0.25) is 4.79 Å². The number of hydrogen-bond donors (Lipinski definition) is 1. The van der Waals surface area contributed by atoms with Gasteiger partial charge >= 0.3 is 5.97 Å². The molecule has 0 bridgehead atoms. The molecular formula is C12H17NO3. The first kappa shape index (κ1) is 12.5. The molecule has 1 atom stereocenters. The molecule has 1 rings (SSSR count). The Hall–Kier alpha value is -1.55. The molecule has 1 aromatic rings. The highest BCUT2D eigenvalue weighted by Gasteiger charge is 2.16. The molecular weight excluding hydrogens is 206 g/mol. The van der Waals surface area contributed by atoms with Crippen molar-refractivity contribution in [3.63, 3.8) is 0 Å². The van der Waals surface area contributed by atoms with Gasteiger partial charge in [-0.2, -0.15) is 0 Å². The Labute approximate surface area is 95.3 Å². The van der Waals surface area contributed by atoms with E-state index in [2.05, 4.69) is 0 Å². The van der Waals surface area contributed by atoms with Crippen LogP contribution in [0.5, 0.6) is 0 Å². The fourth-order valence-electron chi connectivity index (χ4n) is 1.32. The summed E-state index contributed by atoms with van der Waals surface area (Å²) in [6, 6.07) is 7.25. The van der Waals surface area contributed by atoms with Crippen LogP contribution in [0.3, 0.4) is 0 Å². The molecule has 0 radical (unpaired) electrons. The predicted molar refractivity (Wildman–Crippen MR) is 62.1 cm³/mol. The standard InChI is InChI=1S/C12H17NO3/c1-9(12(14)16-7-6-15-2)10-4-3-5-11(13)8-10/h3-5,8-9H,6-7,13H2,1-2H3. The minimum absolute atomic E-state index is 0.261. The molecule has 0 spiro atoms. The van der Waals surface area contributed by atoms with Crippen LogP contribution in [0.25, 0.3) is 0 Å². The topological polar surface area (TPSA) is 61.5 Å². The second-order valence-electron chi connectivity index (χ2n) is 3.55. The van der Waals surface area contributed by atoms with Crippen LogP contribution in [-0.4, -0.2) is 26.3 Å². The van der Waals surface area contributed by atoms with E-state index in [1.54, 1.807) is 26.2 Å². The van der Waals surface area contributed by atoms with Gasteiger partial charge in [0.2, 0.25) is 0 Å². The summed E-state index contributed by atoms with van der Waals surface area (Å²) in [5, 5.41) is 0. The first-order chi connectivity index (χ1) is 7.65. The van der Waals surface area contributed by atoms with E-state index in [1.165, 1.54) is 0 Å². The zero-order valence-corrected chi connectivity index (χ0v) is 9.60. The quantitative estimate of drug-likeness (QED) is 0.467. The Kier molecular flexibility index (Phi) is 4.79. The lowest BCUT2D eigenvalue weighted by atomic mass is 10.0. The average Bonchev–Trinajstić information content (AvgIpc) is 2.28. The number of nitrogen functional groups attached to an aromatic ring is 1. The van der Waals surface area contributed by atoms with Crippen molar-refractivity contribution in [2.75, 3.05) is 26.1 Å². The van der Waals surface area contributed by atoms with E-state index in [0.29, 0.717) is 12.3 Å². The second-order valence-corrected chi connectivity index (χ2v) is 3.55. The van der Waals surface area contributed by atoms with Crippen molar-refractivity contribution >= 4 is 11.7 Å². The summed E-state index contributed by atoms with van der Waals surface area (Å²) in [5.74, 6) is -0.567. The number of ether oxygens (including phenoxy) is 2. The highest BCUT2D eigenvalue weighted by molar-refractivity contribution is 5.78. The van der Waals surface area contributed by atoms with Gasteiger partial charge < -0.3 is 15.2 Å². The summed E-state index contributed by atoms with van der Waals surface area (Å²) in [6.07, 6.45) is 0. The zero-order chi connectivity index (χ0) is 12.0. The number of anilines is 1. The molecule has 0 fully saturated rings. The van der Waals surface area contributed by atoms with E-state index in [0.717, 1.165) is 5.56 Å². The third-order valence-corrected chi connectivity index (χ3v) is 2.30. The van der Waals surface area contributed by atoms with Gasteiger partial charge in [0.1, 0.15) is 6.61 Å². The number of rotatable bonds is 5. The molecule has 0 saturated carbocycles. The van der Waals surface area contributed by atoms with Crippen LogP contribution in [0.2, 0.25) is 0 Å². The number of carbonyl (C=O) groups excluding carboxylic acids is 1. The van der Waals surface area contributed by atoms with Crippen LogP contribution < -0.4 is 5.73 Å². The fourth-order valence-corrected chi connectivity index (χ4v) is 1.32. The number of nitrogens with two attached hydrogens (primary N) is 1. The number of methoxy groups -OCH3 is 1. The van der Waals surface area contributed by atoms with E-state index in [-0.39, 0.29) is 18.5 Å². The molecule has 4 heteroatoms. The SMILES string of the molecule is COCCOC(=O)C(C)c1cccc(N)c1. The maximum atomic E-state index is 11.6. The van der Waals surface area contributed by atoms with E-state index < -0.39 is 0 Å². The summed E-state index contributed by atoms with van der Waals surface area (Å²) < 4.78 is 9.83. The Morgan fingerprint density at radius 3 is 2.81 bits per heavy atom. The van der Waals surface area contributed by atoms with Crippen LogP contribution >= 0.6 is 0 Å². The normalized spacial score (nSPS) is 12.1. The van der Waals surface area contributed by atoms with Crippen molar-refractivity contribution in [3.05, 3.63) is 29.8 Å². The second kappa shape index (κ2) is 6.12. The van der Waals surface area contributed by atoms with Crippen molar-refractivity contribution < 1.29 is 14.3 Å². The molecule has 88 valence electrons. The van der Waals surface area contributed by atoms with Crippen molar-refractivity contribution in [2.24, 2.45) is 0 Å². The average molecular weight is 223 g/mol. The van der Waals surface area contributed by atoms with Crippen LogP contribution in [0.15, 0.2) is 24.3 Å². The van der Waals surface area contributed by atoms with E-state index in [4.69, 9.17) is 15.2 Å². The Morgan fingerprint density at radius 1 is 1.44 bits per heavy atom. The van der Waals surface area contributed by atoms with Gasteiger partial charge in [0.15, 0.2) is 0 Å². The predicted octanol–water partition coefficient (Wildman–Crippen LogP) is 1.56. The highest BCUT2D eigenvalue weighted by atomic mass is 16.6. The minimum Gasteiger partial charge on any atom is -0.463 e. The van der Waals surface area contributed by atoms with Gasteiger partial charge in [0.25, 0.3) is 0 Å². The molecule has 4 nitrogen and oxygen atoms in total. The van der Waals surface area contributed by atoms with Gasteiger partial charge in [-0.05, 0) is 24.6 Å². The molecule has 0 amide bonds. The molecule has 0 aromatic heterocycles. The lowest BCUT2D eigenvalue weighted by Crippen LogP contribution is -2.16. The lowest BCUT2D eigenvalue weighted by Gasteiger charge is -2.11. The first-order valence-electron chi connectivity index (χ1n) is 5.16. The molecule has 16 heavy (non-hydrogen) atoms. The number of carbonyl (C=O) groups is 1. The Morgan fingerprint density at radius 2 is 2.19 bits per heavy atom. The summed E-state index contributed by atoms with van der Waals surface area (Å²) >= 11 is 0. The summed E-state index contributed by atoms with van der Waals surface area (Å²) in [7, 11) is 1.56. The van der Waals surface area contributed by atoms with Crippen molar-refractivity contribution in [3.8, 4) is 0 Å². The third kappa shape index (κ3) is 3.55. The maximum Gasteiger partial charge on any atom is 0.313 e. The lowest BCUT2D eigenvalue weighted by molar-refractivity contribution is -0.146. The molecule has 0 aliphatic heterocycles.